The summed E-state index contributed by atoms with van der Waals surface area (Å²) in [6, 6.07) is 18.9. The second-order valence-corrected chi connectivity index (χ2v) is 8.52. The topological polar surface area (TPSA) is 90.9 Å². The van der Waals surface area contributed by atoms with Gasteiger partial charge < -0.3 is 15.5 Å². The molecule has 2 N–H and O–H groups in total. The van der Waals surface area contributed by atoms with Crippen LogP contribution in [0.3, 0.4) is 0 Å². The van der Waals surface area contributed by atoms with Crippen molar-refractivity contribution in [2.75, 3.05) is 16.8 Å². The molecule has 0 radical (unpaired) electrons. The van der Waals surface area contributed by atoms with Crippen LogP contribution >= 0.6 is 0 Å². The van der Waals surface area contributed by atoms with E-state index in [4.69, 9.17) is 0 Å². The minimum atomic E-state index is -1.24. The van der Waals surface area contributed by atoms with Crippen molar-refractivity contribution >= 4 is 40.9 Å². The molecule has 0 bridgehead atoms. The number of hydrogen-bond acceptors (Lipinski definition) is 4. The van der Waals surface area contributed by atoms with Gasteiger partial charge >= 0.3 is 0 Å². The maximum atomic E-state index is 14.8. The Morgan fingerprint density at radius 3 is 2.58 bits per heavy atom. The molecule has 3 aromatic carbocycles. The van der Waals surface area contributed by atoms with Crippen LogP contribution in [0.1, 0.15) is 29.2 Å². The summed E-state index contributed by atoms with van der Waals surface area (Å²) in [6.45, 7) is 1.86. The van der Waals surface area contributed by atoms with Gasteiger partial charge in [0.05, 0.1) is 11.4 Å². The quantitative estimate of drug-likeness (QED) is 0.544. The van der Waals surface area contributed by atoms with Crippen molar-refractivity contribution in [2.24, 2.45) is 4.99 Å². The van der Waals surface area contributed by atoms with Gasteiger partial charge in [-0.1, -0.05) is 48.5 Å². The van der Waals surface area contributed by atoms with E-state index in [-0.39, 0.29) is 17.4 Å². The number of para-hydroxylation sites is 2. The summed E-state index contributed by atoms with van der Waals surface area (Å²) in [5.74, 6) is -1.63. The molecule has 2 aliphatic rings. The van der Waals surface area contributed by atoms with E-state index in [1.165, 1.54) is 19.1 Å². The largest absolute Gasteiger partial charge is 0.326 e. The highest BCUT2D eigenvalue weighted by molar-refractivity contribution is 6.21. The maximum Gasteiger partial charge on any atom is 0.272 e. The monoisotopic (exact) mass is 482 g/mol. The fraction of sp³-hybridized carbons (Fsp3) is 0.143. The summed E-state index contributed by atoms with van der Waals surface area (Å²) in [5.41, 5.74) is 4.09. The number of nitrogens with one attached hydrogen (secondary N) is 2. The minimum Gasteiger partial charge on any atom is -0.326 e. The lowest BCUT2D eigenvalue weighted by atomic mass is 9.98. The number of nitrogens with zero attached hydrogens (tertiary/aromatic N) is 2. The Labute approximate surface area is 207 Å². The van der Waals surface area contributed by atoms with E-state index >= 15 is 0 Å². The predicted octanol–water partition coefficient (Wildman–Crippen LogP) is 3.68. The number of anilines is 2. The van der Waals surface area contributed by atoms with Crippen molar-refractivity contribution in [1.82, 2.24) is 5.32 Å². The van der Waals surface area contributed by atoms with Crippen molar-refractivity contribution in [3.8, 4) is 0 Å². The summed E-state index contributed by atoms with van der Waals surface area (Å²) in [6.07, 6.45) is 2.26. The van der Waals surface area contributed by atoms with Gasteiger partial charge in [-0.25, -0.2) is 9.38 Å². The summed E-state index contributed by atoms with van der Waals surface area (Å²) < 4.78 is 14.8. The Hall–Kier alpha value is -4.59. The first-order chi connectivity index (χ1) is 17.4. The van der Waals surface area contributed by atoms with E-state index in [9.17, 15) is 18.8 Å². The number of carbonyl (C=O) groups is 3. The van der Waals surface area contributed by atoms with E-state index in [0.29, 0.717) is 41.2 Å². The molecule has 0 saturated heterocycles. The van der Waals surface area contributed by atoms with Crippen LogP contribution in [-0.2, 0) is 20.8 Å². The molecule has 36 heavy (non-hydrogen) atoms. The normalized spacial score (nSPS) is 16.4. The first kappa shape index (κ1) is 23.2. The molecular weight excluding hydrogens is 459 g/mol. The standard InChI is InChI=1S/C28H23FN4O3/c1-17(34)30-23-12-5-2-7-18(23)13-14-24(35)31-27-28(36)33-16-15-19-8-6-10-21(26(19)33)25(32-27)20-9-3-4-11-22(20)29/h2-14,27H,15-16H2,1H3,(H,30,34)(H,31,35). The average molecular weight is 483 g/mol. The second kappa shape index (κ2) is 9.58. The molecule has 0 spiro atoms. The molecule has 0 aliphatic carbocycles. The number of halogens is 1. The smallest absolute Gasteiger partial charge is 0.272 e. The lowest BCUT2D eigenvalue weighted by Gasteiger charge is -2.20. The highest BCUT2D eigenvalue weighted by atomic mass is 19.1. The summed E-state index contributed by atoms with van der Waals surface area (Å²) in [4.78, 5) is 44.0. The van der Waals surface area contributed by atoms with Crippen LogP contribution in [0.4, 0.5) is 15.8 Å². The van der Waals surface area contributed by atoms with Crippen molar-refractivity contribution in [3.05, 3.63) is 101 Å². The first-order valence-corrected chi connectivity index (χ1v) is 11.5. The highest BCUT2D eigenvalue weighted by Crippen LogP contribution is 2.36. The van der Waals surface area contributed by atoms with E-state index in [1.54, 1.807) is 53.4 Å². The number of amides is 3. The van der Waals surface area contributed by atoms with Gasteiger partial charge in [0.2, 0.25) is 18.0 Å². The number of aliphatic imine (C=N–C) groups is 1. The van der Waals surface area contributed by atoms with Gasteiger partial charge in [-0.3, -0.25) is 14.4 Å². The lowest BCUT2D eigenvalue weighted by Crippen LogP contribution is -2.46. The number of rotatable bonds is 5. The third-order valence-corrected chi connectivity index (χ3v) is 6.10. The van der Waals surface area contributed by atoms with Gasteiger partial charge in [0.25, 0.3) is 5.91 Å². The Bertz CT molecular complexity index is 1450. The Morgan fingerprint density at radius 1 is 1.03 bits per heavy atom. The zero-order valence-electron chi connectivity index (χ0n) is 19.5. The molecule has 0 saturated carbocycles. The summed E-state index contributed by atoms with van der Waals surface area (Å²) in [7, 11) is 0. The third kappa shape index (κ3) is 4.40. The molecular formula is C28H23FN4O3. The third-order valence-electron chi connectivity index (χ3n) is 6.10. The van der Waals surface area contributed by atoms with E-state index in [2.05, 4.69) is 15.6 Å². The van der Waals surface area contributed by atoms with Gasteiger partial charge in [0.15, 0.2) is 0 Å². The highest BCUT2D eigenvalue weighted by Gasteiger charge is 2.37. The number of hydrogen-bond donors (Lipinski definition) is 2. The molecule has 180 valence electrons. The Balaban J connectivity index is 1.49. The van der Waals surface area contributed by atoms with Crippen molar-refractivity contribution in [3.63, 3.8) is 0 Å². The van der Waals surface area contributed by atoms with E-state index in [1.807, 2.05) is 18.2 Å². The van der Waals surface area contributed by atoms with Crippen LogP contribution < -0.4 is 15.5 Å². The van der Waals surface area contributed by atoms with Crippen LogP contribution in [0, 0.1) is 5.82 Å². The zero-order valence-corrected chi connectivity index (χ0v) is 19.5. The molecule has 0 fully saturated rings. The molecule has 1 atom stereocenters. The molecule has 2 aliphatic heterocycles. The van der Waals surface area contributed by atoms with Crippen LogP contribution in [-0.4, -0.2) is 36.1 Å². The predicted molar refractivity (Wildman–Crippen MR) is 136 cm³/mol. The van der Waals surface area contributed by atoms with E-state index < -0.39 is 17.9 Å². The van der Waals surface area contributed by atoms with Crippen LogP contribution in [0.2, 0.25) is 0 Å². The van der Waals surface area contributed by atoms with Gasteiger partial charge in [0.1, 0.15) is 5.82 Å². The van der Waals surface area contributed by atoms with Gasteiger partial charge in [-0.2, -0.15) is 0 Å². The van der Waals surface area contributed by atoms with Crippen molar-refractivity contribution in [2.45, 2.75) is 19.5 Å². The maximum absolute atomic E-state index is 14.8. The molecule has 8 heteroatoms. The zero-order chi connectivity index (χ0) is 25.2. The number of benzene rings is 3. The number of carbonyl (C=O) groups excluding carboxylic acids is 3. The molecule has 7 nitrogen and oxygen atoms in total. The van der Waals surface area contributed by atoms with Crippen molar-refractivity contribution < 1.29 is 18.8 Å². The fourth-order valence-electron chi connectivity index (χ4n) is 4.52. The van der Waals surface area contributed by atoms with Crippen molar-refractivity contribution in [1.29, 1.82) is 0 Å². The minimum absolute atomic E-state index is 0.232. The van der Waals surface area contributed by atoms with E-state index in [0.717, 1.165) is 5.56 Å². The first-order valence-electron chi connectivity index (χ1n) is 11.5. The summed E-state index contributed by atoms with van der Waals surface area (Å²) in [5, 5.41) is 5.38. The lowest BCUT2D eigenvalue weighted by molar-refractivity contribution is -0.125. The van der Waals surface area contributed by atoms with Gasteiger partial charge in [-0.05, 0) is 41.8 Å². The van der Waals surface area contributed by atoms with Gasteiger partial charge in [0, 0.05) is 36.4 Å². The fourth-order valence-corrected chi connectivity index (χ4v) is 4.52. The molecule has 5 rings (SSSR count). The van der Waals surface area contributed by atoms with Gasteiger partial charge in [-0.15, -0.1) is 0 Å². The molecule has 3 aromatic rings. The SMILES string of the molecule is CC(=O)Nc1ccccc1C=CC(=O)NC1N=C(c2ccccc2F)c2cccc3c2N(CC3)C1=O. The van der Waals surface area contributed by atoms with Crippen LogP contribution in [0.5, 0.6) is 0 Å². The molecule has 1 unspecified atom stereocenters. The van der Waals surface area contributed by atoms with Crippen LogP contribution in [0.25, 0.3) is 6.08 Å². The Morgan fingerprint density at radius 2 is 1.78 bits per heavy atom. The molecule has 3 amide bonds. The summed E-state index contributed by atoms with van der Waals surface area (Å²) >= 11 is 0. The van der Waals surface area contributed by atoms with Crippen LogP contribution in [0.15, 0.2) is 77.8 Å². The molecule has 2 heterocycles. The molecule has 0 aromatic heterocycles. The second-order valence-electron chi connectivity index (χ2n) is 8.52. The Kier molecular flexibility index (Phi) is 6.16. The average Bonchev–Trinajstić information content (AvgIpc) is 3.26.